The number of aromatic nitrogens is 2. The van der Waals surface area contributed by atoms with Crippen molar-refractivity contribution < 1.29 is 13.5 Å². The van der Waals surface area contributed by atoms with Crippen molar-refractivity contribution in [3.8, 4) is 0 Å². The van der Waals surface area contributed by atoms with Gasteiger partial charge in [0.1, 0.15) is 4.21 Å². The smallest absolute Gasteiger partial charge is 0.252 e. The van der Waals surface area contributed by atoms with E-state index in [2.05, 4.69) is 4.98 Å². The Morgan fingerprint density at radius 2 is 2.04 bits per heavy atom. The standard InChI is InChI=1S/C17H19N3O3S2/c21-17(13-19-8-4-14-3-7-18-12-15(14)19)5-9-20(10-6-17)25(22,23)16-2-1-11-24-16/h1-4,7-8,11-12,21H,5-6,9-10,13H2. The van der Waals surface area contributed by atoms with Gasteiger partial charge in [0.2, 0.25) is 0 Å². The largest absolute Gasteiger partial charge is 0.388 e. The monoisotopic (exact) mass is 377 g/mol. The number of piperidine rings is 1. The summed E-state index contributed by atoms with van der Waals surface area (Å²) >= 11 is 1.23. The van der Waals surface area contributed by atoms with Crippen molar-refractivity contribution in [1.82, 2.24) is 13.9 Å². The molecule has 8 heteroatoms. The topological polar surface area (TPSA) is 75.4 Å². The minimum absolute atomic E-state index is 0.328. The molecule has 0 unspecified atom stereocenters. The number of thiophene rings is 1. The lowest BCUT2D eigenvalue weighted by Crippen LogP contribution is -2.48. The molecular weight excluding hydrogens is 358 g/mol. The number of pyridine rings is 1. The first-order valence-electron chi connectivity index (χ1n) is 8.13. The van der Waals surface area contributed by atoms with Crippen molar-refractivity contribution >= 4 is 32.3 Å². The van der Waals surface area contributed by atoms with Crippen molar-refractivity contribution in [2.75, 3.05) is 13.1 Å². The van der Waals surface area contributed by atoms with E-state index < -0.39 is 15.6 Å². The number of aliphatic hydroxyl groups is 1. The van der Waals surface area contributed by atoms with Crippen LogP contribution in [0.15, 0.2) is 52.4 Å². The van der Waals surface area contributed by atoms with E-state index in [0.717, 1.165) is 10.9 Å². The van der Waals surface area contributed by atoms with Crippen LogP contribution in [0.5, 0.6) is 0 Å². The summed E-state index contributed by atoms with van der Waals surface area (Å²) in [5.74, 6) is 0. The summed E-state index contributed by atoms with van der Waals surface area (Å²) in [4.78, 5) is 4.15. The lowest BCUT2D eigenvalue weighted by atomic mass is 9.92. The molecule has 4 heterocycles. The first-order chi connectivity index (χ1) is 12.0. The fourth-order valence-electron chi connectivity index (χ4n) is 3.32. The number of fused-ring (bicyclic) bond motifs is 1. The van der Waals surface area contributed by atoms with E-state index in [0.29, 0.717) is 36.7 Å². The van der Waals surface area contributed by atoms with Gasteiger partial charge in [0.25, 0.3) is 10.0 Å². The molecule has 1 aliphatic rings. The number of sulfonamides is 1. The molecule has 1 N–H and O–H groups in total. The highest BCUT2D eigenvalue weighted by atomic mass is 32.2. The molecule has 1 aliphatic heterocycles. The molecule has 1 fully saturated rings. The van der Waals surface area contributed by atoms with E-state index in [1.807, 2.05) is 22.9 Å². The fraction of sp³-hybridized carbons (Fsp3) is 0.353. The Kier molecular flexibility index (Phi) is 4.15. The second-order valence-corrected chi connectivity index (χ2v) is 9.55. The molecule has 0 aliphatic carbocycles. The zero-order valence-electron chi connectivity index (χ0n) is 13.6. The minimum Gasteiger partial charge on any atom is -0.388 e. The molecule has 6 nitrogen and oxygen atoms in total. The summed E-state index contributed by atoms with van der Waals surface area (Å²) in [6.07, 6.45) is 6.30. The highest BCUT2D eigenvalue weighted by Gasteiger charge is 2.37. The van der Waals surface area contributed by atoms with Gasteiger partial charge in [-0.3, -0.25) is 4.98 Å². The van der Waals surface area contributed by atoms with Gasteiger partial charge in [-0.05, 0) is 36.4 Å². The van der Waals surface area contributed by atoms with E-state index in [1.165, 1.54) is 15.6 Å². The van der Waals surface area contributed by atoms with E-state index in [1.54, 1.807) is 29.9 Å². The Morgan fingerprint density at radius 3 is 2.76 bits per heavy atom. The quantitative estimate of drug-likeness (QED) is 0.757. The van der Waals surface area contributed by atoms with Crippen molar-refractivity contribution in [2.45, 2.75) is 29.2 Å². The van der Waals surface area contributed by atoms with Crippen LogP contribution >= 0.6 is 11.3 Å². The Labute approximate surface area is 150 Å². The van der Waals surface area contributed by atoms with Crippen molar-refractivity contribution in [1.29, 1.82) is 0 Å². The van der Waals surface area contributed by atoms with Crippen LogP contribution in [-0.4, -0.2) is 46.1 Å². The molecule has 3 aromatic rings. The molecule has 3 aromatic heterocycles. The first-order valence-corrected chi connectivity index (χ1v) is 10.4. The van der Waals surface area contributed by atoms with Gasteiger partial charge in [-0.1, -0.05) is 6.07 Å². The minimum atomic E-state index is -3.44. The van der Waals surface area contributed by atoms with E-state index in [9.17, 15) is 13.5 Å². The highest BCUT2D eigenvalue weighted by molar-refractivity contribution is 7.91. The third kappa shape index (κ3) is 3.10. The van der Waals surface area contributed by atoms with Gasteiger partial charge >= 0.3 is 0 Å². The van der Waals surface area contributed by atoms with Crippen LogP contribution in [-0.2, 0) is 16.6 Å². The number of nitrogens with zero attached hydrogens (tertiary/aromatic N) is 3. The van der Waals surface area contributed by atoms with Crippen LogP contribution < -0.4 is 0 Å². The van der Waals surface area contributed by atoms with E-state index in [-0.39, 0.29) is 0 Å². The molecular formula is C17H19N3O3S2. The second kappa shape index (κ2) is 6.21. The summed E-state index contributed by atoms with van der Waals surface area (Å²) in [7, 11) is -3.44. The highest BCUT2D eigenvalue weighted by Crippen LogP contribution is 2.30. The molecule has 0 spiro atoms. The van der Waals surface area contributed by atoms with Crippen molar-refractivity contribution in [2.24, 2.45) is 0 Å². The summed E-state index contributed by atoms with van der Waals surface area (Å²) in [6, 6.07) is 7.30. The lowest BCUT2D eigenvalue weighted by molar-refractivity contribution is -0.0184. The molecule has 0 saturated carbocycles. The molecule has 25 heavy (non-hydrogen) atoms. The molecule has 1 saturated heterocycles. The maximum atomic E-state index is 12.6. The fourth-order valence-corrected chi connectivity index (χ4v) is 5.91. The van der Waals surface area contributed by atoms with Gasteiger partial charge in [-0.15, -0.1) is 11.3 Å². The molecule has 132 valence electrons. The lowest BCUT2D eigenvalue weighted by Gasteiger charge is -2.37. The molecule has 0 amide bonds. The van der Waals surface area contributed by atoms with E-state index >= 15 is 0 Å². The van der Waals surface area contributed by atoms with Crippen molar-refractivity contribution in [3.63, 3.8) is 0 Å². The molecule has 4 rings (SSSR count). The van der Waals surface area contributed by atoms with Gasteiger partial charge in [0.15, 0.2) is 0 Å². The van der Waals surface area contributed by atoms with Gasteiger partial charge < -0.3 is 9.67 Å². The molecule has 0 atom stereocenters. The summed E-state index contributed by atoms with van der Waals surface area (Å²) in [5, 5.41) is 13.8. The van der Waals surface area contributed by atoms with Crippen LogP contribution in [0.25, 0.3) is 10.9 Å². The molecule has 0 bridgehead atoms. The third-order valence-corrected chi connectivity index (χ3v) is 8.05. The van der Waals surface area contributed by atoms with Gasteiger partial charge in [-0.25, -0.2) is 8.42 Å². The Morgan fingerprint density at radius 1 is 1.24 bits per heavy atom. The van der Waals surface area contributed by atoms with Gasteiger partial charge in [0, 0.05) is 30.9 Å². The van der Waals surface area contributed by atoms with Crippen LogP contribution in [0.1, 0.15) is 12.8 Å². The first kappa shape index (κ1) is 16.7. The number of hydrogen-bond donors (Lipinski definition) is 1. The normalized spacial score (nSPS) is 18.6. The molecule has 0 radical (unpaired) electrons. The third-order valence-electron chi connectivity index (χ3n) is 4.78. The number of hydrogen-bond acceptors (Lipinski definition) is 5. The predicted octanol–water partition coefficient (Wildman–Crippen LogP) is 2.31. The Bertz CT molecular complexity index is 972. The van der Waals surface area contributed by atoms with Crippen molar-refractivity contribution in [3.05, 3.63) is 48.2 Å². The van der Waals surface area contributed by atoms with E-state index in [4.69, 9.17) is 0 Å². The second-order valence-electron chi connectivity index (χ2n) is 6.44. The predicted molar refractivity (Wildman–Crippen MR) is 97.0 cm³/mol. The van der Waals surface area contributed by atoms with Crippen LogP contribution in [0.3, 0.4) is 0 Å². The summed E-state index contributed by atoms with van der Waals surface area (Å²) in [6.45, 7) is 1.09. The Balaban J connectivity index is 1.49. The zero-order valence-corrected chi connectivity index (χ0v) is 15.2. The summed E-state index contributed by atoms with van der Waals surface area (Å²) in [5.41, 5.74) is 0.0630. The average molecular weight is 377 g/mol. The molecule has 0 aromatic carbocycles. The SMILES string of the molecule is O=S(=O)(c1cccs1)N1CCC(O)(Cn2ccc3ccncc32)CC1. The van der Waals surface area contributed by atoms with Crippen LogP contribution in [0, 0.1) is 0 Å². The number of rotatable bonds is 4. The van der Waals surface area contributed by atoms with Gasteiger partial charge in [-0.2, -0.15) is 4.31 Å². The average Bonchev–Trinajstić information content (AvgIpc) is 3.26. The Hall–Kier alpha value is -1.74. The van der Waals surface area contributed by atoms with Gasteiger partial charge in [0.05, 0.1) is 23.9 Å². The summed E-state index contributed by atoms with van der Waals surface area (Å²) < 4.78 is 29.0. The van der Waals surface area contributed by atoms with Crippen LogP contribution in [0.4, 0.5) is 0 Å². The van der Waals surface area contributed by atoms with Crippen LogP contribution in [0.2, 0.25) is 0 Å². The zero-order chi connectivity index (χ0) is 17.5. The maximum absolute atomic E-state index is 12.6. The maximum Gasteiger partial charge on any atom is 0.252 e.